The van der Waals surface area contributed by atoms with Crippen LogP contribution in [0.5, 0.6) is 0 Å². The van der Waals surface area contributed by atoms with Crippen molar-refractivity contribution in [3.8, 4) is 0 Å². The Morgan fingerprint density at radius 2 is 1.88 bits per heavy atom. The summed E-state index contributed by atoms with van der Waals surface area (Å²) in [6.45, 7) is 2.10. The van der Waals surface area contributed by atoms with Crippen LogP contribution in [0.2, 0.25) is 0 Å². The smallest absolute Gasteiger partial charge is 0.233 e. The van der Waals surface area contributed by atoms with E-state index in [0.717, 1.165) is 21.2 Å². The van der Waals surface area contributed by atoms with E-state index in [1.165, 1.54) is 6.92 Å². The number of rotatable bonds is 4. The van der Waals surface area contributed by atoms with E-state index in [9.17, 15) is 9.59 Å². The van der Waals surface area contributed by atoms with Crippen molar-refractivity contribution in [3.63, 3.8) is 0 Å². The van der Waals surface area contributed by atoms with Crippen LogP contribution in [0.3, 0.4) is 0 Å². The Balaban J connectivity index is 1.73. The first-order valence-electron chi connectivity index (χ1n) is 8.34. The van der Waals surface area contributed by atoms with Gasteiger partial charge in [-0.2, -0.15) is 0 Å². The number of imidazole rings is 1. The lowest BCUT2D eigenvalue weighted by molar-refractivity contribution is -0.118. The number of fused-ring (bicyclic) bond motifs is 2. The quantitative estimate of drug-likeness (QED) is 0.648. The van der Waals surface area contributed by atoms with Crippen molar-refractivity contribution >= 4 is 34.8 Å². The van der Waals surface area contributed by atoms with Gasteiger partial charge in [-0.3, -0.25) is 14.5 Å². The van der Waals surface area contributed by atoms with Crippen molar-refractivity contribution in [2.45, 2.75) is 29.7 Å². The van der Waals surface area contributed by atoms with Crippen molar-refractivity contribution in [1.29, 1.82) is 0 Å². The van der Waals surface area contributed by atoms with Crippen LogP contribution in [-0.2, 0) is 11.3 Å². The summed E-state index contributed by atoms with van der Waals surface area (Å²) in [5.41, 5.74) is 2.24. The van der Waals surface area contributed by atoms with Crippen molar-refractivity contribution in [3.05, 3.63) is 66.7 Å². The normalized spacial score (nSPS) is 12.4. The van der Waals surface area contributed by atoms with E-state index in [-0.39, 0.29) is 11.7 Å². The third kappa shape index (κ3) is 3.04. The summed E-state index contributed by atoms with van der Waals surface area (Å²) >= 11 is 1.62. The maximum Gasteiger partial charge on any atom is 0.233 e. The second-order valence-corrected chi connectivity index (χ2v) is 7.17. The van der Waals surface area contributed by atoms with E-state index in [4.69, 9.17) is 0 Å². The molecule has 26 heavy (non-hydrogen) atoms. The maximum absolute atomic E-state index is 13.1. The summed E-state index contributed by atoms with van der Waals surface area (Å²) in [6, 6.07) is 13.4. The van der Waals surface area contributed by atoms with Crippen molar-refractivity contribution < 1.29 is 9.59 Å². The molecule has 6 heteroatoms. The molecule has 130 valence electrons. The molecule has 2 heterocycles. The highest BCUT2D eigenvalue weighted by Crippen LogP contribution is 2.48. The lowest BCUT2D eigenvalue weighted by atomic mass is 10.1. The summed E-state index contributed by atoms with van der Waals surface area (Å²) in [4.78, 5) is 32.7. The van der Waals surface area contributed by atoms with E-state index in [2.05, 4.69) is 4.98 Å². The standard InChI is InChI=1S/C20H17N3O2S/c1-14(24)15-6-7-19-17(12-15)23(16-4-2-3-5-18(16)26-19)20(25)8-10-22-11-9-21-13-22/h2-7,9,11-13H,8,10H2,1H3. The van der Waals surface area contributed by atoms with Crippen LogP contribution in [0.4, 0.5) is 11.4 Å². The maximum atomic E-state index is 13.1. The molecular weight excluding hydrogens is 346 g/mol. The Bertz CT molecular complexity index is 982. The number of hydrogen-bond acceptors (Lipinski definition) is 4. The molecular formula is C20H17N3O2S. The number of nitrogens with zero attached hydrogens (tertiary/aromatic N) is 3. The van der Waals surface area contributed by atoms with Gasteiger partial charge in [0.25, 0.3) is 0 Å². The fourth-order valence-corrected chi connectivity index (χ4v) is 4.04. The molecule has 4 rings (SSSR count). The first-order chi connectivity index (χ1) is 12.6. The number of anilines is 2. The number of benzene rings is 2. The summed E-state index contributed by atoms with van der Waals surface area (Å²) in [7, 11) is 0. The summed E-state index contributed by atoms with van der Waals surface area (Å²) in [5.74, 6) is -0.0177. The molecule has 0 fully saturated rings. The summed E-state index contributed by atoms with van der Waals surface area (Å²) in [6.07, 6.45) is 5.59. The Kier molecular flexibility index (Phi) is 4.34. The summed E-state index contributed by atoms with van der Waals surface area (Å²) in [5, 5.41) is 0. The van der Waals surface area contributed by atoms with Crippen LogP contribution in [0.25, 0.3) is 0 Å². The monoisotopic (exact) mass is 363 g/mol. The number of aromatic nitrogens is 2. The lowest BCUT2D eigenvalue weighted by Gasteiger charge is -2.31. The molecule has 0 bridgehead atoms. The Labute approximate surface area is 155 Å². The molecule has 0 unspecified atom stereocenters. The van der Waals surface area contributed by atoms with Gasteiger partial charge in [-0.25, -0.2) is 4.98 Å². The predicted octanol–water partition coefficient (Wildman–Crippen LogP) is 4.31. The molecule has 1 aliphatic rings. The van der Waals surface area contributed by atoms with Crippen LogP contribution < -0.4 is 4.90 Å². The molecule has 2 aromatic carbocycles. The average molecular weight is 363 g/mol. The Morgan fingerprint density at radius 1 is 1.08 bits per heavy atom. The van der Waals surface area contributed by atoms with Gasteiger partial charge < -0.3 is 4.57 Å². The number of hydrogen-bond donors (Lipinski definition) is 0. The number of Topliss-reactive ketones (excluding diaryl/α,β-unsaturated/α-hetero) is 1. The fourth-order valence-electron chi connectivity index (χ4n) is 3.00. The first kappa shape index (κ1) is 16.6. The van der Waals surface area contributed by atoms with Crippen molar-refractivity contribution in [1.82, 2.24) is 9.55 Å². The molecule has 0 atom stereocenters. The SMILES string of the molecule is CC(=O)c1ccc2c(c1)N(C(=O)CCn1ccnc1)c1ccccc1S2. The van der Waals surface area contributed by atoms with Gasteiger partial charge in [-0.05, 0) is 31.2 Å². The minimum Gasteiger partial charge on any atom is -0.337 e. The predicted molar refractivity (Wildman–Crippen MR) is 101 cm³/mol. The third-order valence-corrected chi connectivity index (χ3v) is 5.46. The van der Waals surface area contributed by atoms with Crippen LogP contribution in [-0.4, -0.2) is 21.2 Å². The first-order valence-corrected chi connectivity index (χ1v) is 9.16. The molecule has 0 aliphatic carbocycles. The molecule has 0 N–H and O–H groups in total. The minimum absolute atomic E-state index is 0.00611. The number of aryl methyl sites for hydroxylation is 1. The van der Waals surface area contributed by atoms with E-state index < -0.39 is 0 Å². The van der Waals surface area contributed by atoms with Gasteiger partial charge in [0, 0.05) is 40.7 Å². The van der Waals surface area contributed by atoms with E-state index in [1.54, 1.807) is 29.2 Å². The van der Waals surface area contributed by atoms with E-state index >= 15 is 0 Å². The molecule has 1 aliphatic heterocycles. The van der Waals surface area contributed by atoms with Gasteiger partial charge in [0.15, 0.2) is 5.78 Å². The van der Waals surface area contributed by atoms with Gasteiger partial charge in [0.05, 0.1) is 17.7 Å². The van der Waals surface area contributed by atoms with Gasteiger partial charge in [-0.15, -0.1) is 0 Å². The second-order valence-electron chi connectivity index (χ2n) is 6.09. The third-order valence-electron chi connectivity index (χ3n) is 4.32. The van der Waals surface area contributed by atoms with Crippen LogP contribution in [0, 0.1) is 0 Å². The van der Waals surface area contributed by atoms with Crippen molar-refractivity contribution in [2.75, 3.05) is 4.90 Å². The number of amides is 1. The highest BCUT2D eigenvalue weighted by atomic mass is 32.2. The van der Waals surface area contributed by atoms with Gasteiger partial charge >= 0.3 is 0 Å². The number of para-hydroxylation sites is 1. The zero-order valence-electron chi connectivity index (χ0n) is 14.3. The molecule has 5 nitrogen and oxygen atoms in total. The zero-order valence-corrected chi connectivity index (χ0v) is 15.1. The summed E-state index contributed by atoms with van der Waals surface area (Å²) < 4.78 is 1.88. The molecule has 1 amide bonds. The highest BCUT2D eigenvalue weighted by Gasteiger charge is 2.28. The molecule has 0 saturated carbocycles. The van der Waals surface area contributed by atoms with Crippen LogP contribution in [0.15, 0.2) is 71.0 Å². The number of carbonyl (C=O) groups excluding carboxylic acids is 2. The van der Waals surface area contributed by atoms with Crippen LogP contribution in [0.1, 0.15) is 23.7 Å². The minimum atomic E-state index is -0.0116. The van der Waals surface area contributed by atoms with Crippen LogP contribution >= 0.6 is 11.8 Å². The van der Waals surface area contributed by atoms with E-state index in [0.29, 0.717) is 18.5 Å². The largest absolute Gasteiger partial charge is 0.337 e. The topological polar surface area (TPSA) is 55.2 Å². The Hall–Kier alpha value is -2.86. The second kappa shape index (κ2) is 6.80. The van der Waals surface area contributed by atoms with Gasteiger partial charge in [0.1, 0.15) is 0 Å². The molecule has 3 aromatic rings. The molecule has 0 saturated heterocycles. The van der Waals surface area contributed by atoms with Gasteiger partial charge in [0.2, 0.25) is 5.91 Å². The van der Waals surface area contributed by atoms with Crippen molar-refractivity contribution in [2.24, 2.45) is 0 Å². The zero-order chi connectivity index (χ0) is 18.1. The van der Waals surface area contributed by atoms with Gasteiger partial charge in [-0.1, -0.05) is 30.0 Å². The number of carbonyl (C=O) groups is 2. The highest BCUT2D eigenvalue weighted by molar-refractivity contribution is 7.99. The Morgan fingerprint density at radius 3 is 2.65 bits per heavy atom. The van der Waals surface area contributed by atoms with E-state index in [1.807, 2.05) is 53.2 Å². The molecule has 1 aromatic heterocycles. The lowest BCUT2D eigenvalue weighted by Crippen LogP contribution is -2.29. The molecule has 0 radical (unpaired) electrons. The number of ketones is 1. The molecule has 0 spiro atoms. The average Bonchev–Trinajstić information content (AvgIpc) is 3.17. The fraction of sp³-hybridized carbons (Fsp3) is 0.150.